The van der Waals surface area contributed by atoms with Crippen molar-refractivity contribution in [2.24, 2.45) is 5.92 Å². The van der Waals surface area contributed by atoms with E-state index in [1.165, 1.54) is 32.2 Å². The Kier molecular flexibility index (Phi) is 3.38. The van der Waals surface area contributed by atoms with Crippen LogP contribution in [0.15, 0.2) is 0 Å². The number of fused-ring (bicyclic) bond motifs is 1. The molecule has 0 bridgehead atoms. The van der Waals surface area contributed by atoms with Crippen LogP contribution in [0.3, 0.4) is 0 Å². The van der Waals surface area contributed by atoms with E-state index >= 15 is 0 Å². The molecule has 1 nitrogen and oxygen atoms in total. The molecule has 2 aliphatic rings. The number of rotatable bonds is 0. The second kappa shape index (κ2) is 4.10. The molecule has 1 heterocycles. The summed E-state index contributed by atoms with van der Waals surface area (Å²) >= 11 is 0. The minimum atomic E-state index is 0.977. The van der Waals surface area contributed by atoms with Crippen molar-refractivity contribution in [2.45, 2.75) is 45.6 Å². The lowest BCUT2D eigenvalue weighted by molar-refractivity contribution is 0.294. The molecule has 0 amide bonds. The van der Waals surface area contributed by atoms with E-state index in [0.29, 0.717) is 0 Å². The molecule has 1 saturated heterocycles. The summed E-state index contributed by atoms with van der Waals surface area (Å²) in [6.45, 7) is 5.36. The van der Waals surface area contributed by atoms with Crippen LogP contribution in [-0.4, -0.2) is 24.5 Å². The summed E-state index contributed by atoms with van der Waals surface area (Å²) in [5.74, 6) is 1.08. The number of hydrogen-bond donors (Lipinski definition) is 0. The van der Waals surface area contributed by atoms with E-state index in [1.807, 2.05) is 13.8 Å². The standard InChI is InChI=1S/C8H15N.C2H6/c1-9-6-5-7-3-2-4-8(7)9;1-2/h7-8H,2-6H2,1H3;1-2H3. The van der Waals surface area contributed by atoms with Crippen LogP contribution >= 0.6 is 0 Å². The van der Waals surface area contributed by atoms with Crippen LogP contribution in [0, 0.1) is 5.92 Å². The monoisotopic (exact) mass is 155 g/mol. The highest BCUT2D eigenvalue weighted by Gasteiger charge is 2.34. The molecular formula is C10H21N. The minimum absolute atomic E-state index is 0.977. The highest BCUT2D eigenvalue weighted by molar-refractivity contribution is 4.89. The molecule has 1 aliphatic carbocycles. The van der Waals surface area contributed by atoms with Gasteiger partial charge >= 0.3 is 0 Å². The van der Waals surface area contributed by atoms with Crippen molar-refractivity contribution in [3.05, 3.63) is 0 Å². The van der Waals surface area contributed by atoms with Gasteiger partial charge in [-0.3, -0.25) is 0 Å². The van der Waals surface area contributed by atoms with Gasteiger partial charge in [0.15, 0.2) is 0 Å². The van der Waals surface area contributed by atoms with Crippen LogP contribution in [0.2, 0.25) is 0 Å². The molecule has 0 aromatic rings. The Bertz CT molecular complexity index is 111. The third-order valence-corrected chi connectivity index (χ3v) is 3.04. The predicted molar refractivity (Wildman–Crippen MR) is 49.7 cm³/mol. The zero-order valence-electron chi connectivity index (χ0n) is 8.14. The van der Waals surface area contributed by atoms with Crippen LogP contribution < -0.4 is 0 Å². The maximum absolute atomic E-state index is 2.54. The molecule has 1 saturated carbocycles. The molecule has 0 radical (unpaired) electrons. The van der Waals surface area contributed by atoms with Gasteiger partial charge < -0.3 is 4.90 Å². The summed E-state index contributed by atoms with van der Waals surface area (Å²) in [6.07, 6.45) is 5.94. The molecule has 11 heavy (non-hydrogen) atoms. The Balaban J connectivity index is 0.000000281. The molecule has 1 aliphatic heterocycles. The fraction of sp³-hybridized carbons (Fsp3) is 1.00. The van der Waals surface area contributed by atoms with Crippen LogP contribution in [-0.2, 0) is 0 Å². The van der Waals surface area contributed by atoms with Crippen molar-refractivity contribution in [2.75, 3.05) is 13.6 Å². The molecule has 0 aromatic carbocycles. The van der Waals surface area contributed by atoms with E-state index in [1.54, 1.807) is 0 Å². The van der Waals surface area contributed by atoms with Crippen molar-refractivity contribution >= 4 is 0 Å². The molecule has 0 N–H and O–H groups in total. The van der Waals surface area contributed by atoms with E-state index < -0.39 is 0 Å². The van der Waals surface area contributed by atoms with E-state index in [-0.39, 0.29) is 0 Å². The topological polar surface area (TPSA) is 3.24 Å². The fourth-order valence-corrected chi connectivity index (χ4v) is 2.47. The highest BCUT2D eigenvalue weighted by Crippen LogP contribution is 2.36. The van der Waals surface area contributed by atoms with E-state index in [4.69, 9.17) is 0 Å². The number of nitrogens with zero attached hydrogens (tertiary/aromatic N) is 1. The van der Waals surface area contributed by atoms with Crippen molar-refractivity contribution in [1.29, 1.82) is 0 Å². The Labute approximate surface area is 70.8 Å². The second-order valence-corrected chi connectivity index (χ2v) is 3.53. The minimum Gasteiger partial charge on any atom is -0.303 e. The first kappa shape index (κ1) is 9.05. The van der Waals surface area contributed by atoms with Crippen molar-refractivity contribution in [1.82, 2.24) is 4.90 Å². The average molecular weight is 155 g/mol. The van der Waals surface area contributed by atoms with Gasteiger partial charge in [-0.25, -0.2) is 0 Å². The summed E-state index contributed by atoms with van der Waals surface area (Å²) in [6, 6.07) is 0.977. The molecule has 2 fully saturated rings. The molecule has 0 aromatic heterocycles. The molecule has 2 rings (SSSR count). The summed E-state index contributed by atoms with van der Waals surface area (Å²) in [4.78, 5) is 2.54. The third kappa shape index (κ3) is 1.76. The van der Waals surface area contributed by atoms with Crippen molar-refractivity contribution < 1.29 is 0 Å². The number of hydrogen-bond acceptors (Lipinski definition) is 1. The first-order chi connectivity index (χ1) is 5.38. The van der Waals surface area contributed by atoms with Gasteiger partial charge in [0.25, 0.3) is 0 Å². The quantitative estimate of drug-likeness (QED) is 0.519. The van der Waals surface area contributed by atoms with Crippen LogP contribution in [0.4, 0.5) is 0 Å². The maximum atomic E-state index is 2.54. The van der Waals surface area contributed by atoms with E-state index in [9.17, 15) is 0 Å². The molecule has 1 heteroatoms. The first-order valence-electron chi connectivity index (χ1n) is 5.08. The summed E-state index contributed by atoms with van der Waals surface area (Å²) < 4.78 is 0. The van der Waals surface area contributed by atoms with Crippen molar-refractivity contribution in [3.8, 4) is 0 Å². The second-order valence-electron chi connectivity index (χ2n) is 3.53. The van der Waals surface area contributed by atoms with Gasteiger partial charge in [-0.15, -0.1) is 0 Å². The molecular weight excluding hydrogens is 134 g/mol. The van der Waals surface area contributed by atoms with Gasteiger partial charge in [0, 0.05) is 6.04 Å². The van der Waals surface area contributed by atoms with Gasteiger partial charge in [-0.05, 0) is 38.8 Å². The SMILES string of the molecule is CC.CN1CCC2CCCC21. The van der Waals surface area contributed by atoms with Crippen LogP contribution in [0.25, 0.3) is 0 Å². The average Bonchev–Trinajstić information content (AvgIpc) is 2.60. The highest BCUT2D eigenvalue weighted by atomic mass is 15.2. The molecule has 0 spiro atoms. The lowest BCUT2D eigenvalue weighted by Gasteiger charge is -2.16. The summed E-state index contributed by atoms with van der Waals surface area (Å²) in [5.41, 5.74) is 0. The first-order valence-corrected chi connectivity index (χ1v) is 5.08. The van der Waals surface area contributed by atoms with E-state index in [0.717, 1.165) is 12.0 Å². The Morgan fingerprint density at radius 2 is 1.82 bits per heavy atom. The van der Waals surface area contributed by atoms with Crippen LogP contribution in [0.5, 0.6) is 0 Å². The van der Waals surface area contributed by atoms with E-state index in [2.05, 4.69) is 11.9 Å². The predicted octanol–water partition coefficient (Wildman–Crippen LogP) is 2.52. The summed E-state index contributed by atoms with van der Waals surface area (Å²) in [7, 11) is 2.27. The molecule has 66 valence electrons. The van der Waals surface area contributed by atoms with Crippen molar-refractivity contribution in [3.63, 3.8) is 0 Å². The lowest BCUT2D eigenvalue weighted by atomic mass is 10.1. The maximum Gasteiger partial charge on any atom is 0.0121 e. The third-order valence-electron chi connectivity index (χ3n) is 3.04. The fourth-order valence-electron chi connectivity index (χ4n) is 2.47. The Hall–Kier alpha value is -0.0400. The zero-order valence-corrected chi connectivity index (χ0v) is 8.14. The van der Waals surface area contributed by atoms with Crippen LogP contribution in [0.1, 0.15) is 39.5 Å². The lowest BCUT2D eigenvalue weighted by Crippen LogP contribution is -2.25. The zero-order chi connectivity index (χ0) is 8.27. The Morgan fingerprint density at radius 3 is 2.45 bits per heavy atom. The van der Waals surface area contributed by atoms with Gasteiger partial charge in [-0.1, -0.05) is 20.3 Å². The normalized spacial score (nSPS) is 36.3. The largest absolute Gasteiger partial charge is 0.303 e. The van der Waals surface area contributed by atoms with Gasteiger partial charge in [0.2, 0.25) is 0 Å². The molecule has 2 unspecified atom stereocenters. The van der Waals surface area contributed by atoms with Gasteiger partial charge in [0.05, 0.1) is 0 Å². The number of likely N-dealkylation sites (tertiary alicyclic amines) is 1. The summed E-state index contributed by atoms with van der Waals surface area (Å²) in [5, 5.41) is 0. The molecule has 2 atom stereocenters. The van der Waals surface area contributed by atoms with Gasteiger partial charge in [-0.2, -0.15) is 0 Å². The smallest absolute Gasteiger partial charge is 0.0121 e. The Morgan fingerprint density at radius 1 is 1.09 bits per heavy atom. The van der Waals surface area contributed by atoms with Gasteiger partial charge in [0.1, 0.15) is 0 Å².